The number of carbonyl (C=O) groups excluding carboxylic acids is 1. The van der Waals surface area contributed by atoms with E-state index in [0.717, 1.165) is 16.9 Å². The maximum atomic E-state index is 12.9. The number of hydrogen-bond acceptors (Lipinski definition) is 6. The minimum atomic E-state index is -3.83. The molecule has 0 aliphatic carbocycles. The van der Waals surface area contributed by atoms with Gasteiger partial charge in [-0.3, -0.25) is 4.79 Å². The molecule has 8 nitrogen and oxygen atoms in total. The molecule has 1 aliphatic rings. The number of fused-ring (bicyclic) bond motifs is 1. The van der Waals surface area contributed by atoms with E-state index < -0.39 is 10.0 Å². The second kappa shape index (κ2) is 9.51. The zero-order valence-corrected chi connectivity index (χ0v) is 19.1. The lowest BCUT2D eigenvalue weighted by atomic mass is 10.1. The molecular weight excluding hydrogens is 444 g/mol. The summed E-state index contributed by atoms with van der Waals surface area (Å²) in [6.07, 6.45) is 0. The molecule has 33 heavy (non-hydrogen) atoms. The van der Waals surface area contributed by atoms with Gasteiger partial charge in [0.2, 0.25) is 16.8 Å². The van der Waals surface area contributed by atoms with E-state index in [1.807, 2.05) is 24.3 Å². The van der Waals surface area contributed by atoms with Crippen molar-refractivity contribution in [2.24, 2.45) is 0 Å². The number of carbonyl (C=O) groups is 1. The van der Waals surface area contributed by atoms with Gasteiger partial charge in [0.25, 0.3) is 5.91 Å². The van der Waals surface area contributed by atoms with Crippen LogP contribution in [0.15, 0.2) is 71.6 Å². The summed E-state index contributed by atoms with van der Waals surface area (Å²) in [5.41, 5.74) is 1.95. The molecule has 0 bridgehead atoms. The van der Waals surface area contributed by atoms with Gasteiger partial charge in [0.15, 0.2) is 11.5 Å². The predicted octanol–water partition coefficient (Wildman–Crippen LogP) is 3.17. The van der Waals surface area contributed by atoms with Gasteiger partial charge >= 0.3 is 0 Å². The first-order valence-electron chi connectivity index (χ1n) is 10.2. The summed E-state index contributed by atoms with van der Waals surface area (Å²) in [5.74, 6) is 1.67. The third-order valence-electron chi connectivity index (χ3n) is 5.22. The van der Waals surface area contributed by atoms with Crippen molar-refractivity contribution in [2.45, 2.75) is 18.0 Å². The van der Waals surface area contributed by atoms with Gasteiger partial charge in [0.1, 0.15) is 5.75 Å². The first-order valence-corrected chi connectivity index (χ1v) is 11.7. The standard InChI is InChI=1S/C24H24N2O6S/c1-26(15-17-6-9-20(30-2)10-7-17)24(27)19-4-3-5-21(13-19)33(28,29)25-14-18-8-11-22-23(12-18)32-16-31-22/h3-13,25H,14-16H2,1-2H3. The average Bonchev–Trinajstić information content (AvgIpc) is 3.31. The van der Waals surface area contributed by atoms with E-state index >= 15 is 0 Å². The van der Waals surface area contributed by atoms with Gasteiger partial charge < -0.3 is 19.1 Å². The third-order valence-corrected chi connectivity index (χ3v) is 6.62. The van der Waals surface area contributed by atoms with E-state index in [4.69, 9.17) is 14.2 Å². The number of rotatable bonds is 8. The van der Waals surface area contributed by atoms with Crippen LogP contribution in [-0.4, -0.2) is 40.2 Å². The Morgan fingerprint density at radius 1 is 1.00 bits per heavy atom. The van der Waals surface area contributed by atoms with Gasteiger partial charge in [-0.05, 0) is 53.6 Å². The molecule has 0 saturated carbocycles. The molecular formula is C24H24N2O6S. The molecule has 1 amide bonds. The number of nitrogens with one attached hydrogen (secondary N) is 1. The molecule has 0 atom stereocenters. The van der Waals surface area contributed by atoms with Crippen molar-refractivity contribution in [3.05, 3.63) is 83.4 Å². The predicted molar refractivity (Wildman–Crippen MR) is 122 cm³/mol. The van der Waals surface area contributed by atoms with Crippen LogP contribution in [0.25, 0.3) is 0 Å². The van der Waals surface area contributed by atoms with Crippen LogP contribution in [0.1, 0.15) is 21.5 Å². The van der Waals surface area contributed by atoms with Crippen LogP contribution >= 0.6 is 0 Å². The van der Waals surface area contributed by atoms with Crippen molar-refractivity contribution in [1.29, 1.82) is 0 Å². The number of sulfonamides is 1. The summed E-state index contributed by atoms with van der Waals surface area (Å²) in [5, 5.41) is 0. The van der Waals surface area contributed by atoms with Crippen LogP contribution in [0, 0.1) is 0 Å². The van der Waals surface area contributed by atoms with Gasteiger partial charge in [-0.2, -0.15) is 0 Å². The van der Waals surface area contributed by atoms with E-state index in [9.17, 15) is 13.2 Å². The lowest BCUT2D eigenvalue weighted by Gasteiger charge is -2.18. The highest BCUT2D eigenvalue weighted by Gasteiger charge is 2.19. The highest BCUT2D eigenvalue weighted by molar-refractivity contribution is 7.89. The Labute approximate surface area is 192 Å². The van der Waals surface area contributed by atoms with E-state index in [1.54, 1.807) is 44.5 Å². The minimum absolute atomic E-state index is 0.0203. The fraction of sp³-hybridized carbons (Fsp3) is 0.208. The lowest BCUT2D eigenvalue weighted by molar-refractivity contribution is 0.0785. The van der Waals surface area contributed by atoms with Crippen molar-refractivity contribution < 1.29 is 27.4 Å². The maximum Gasteiger partial charge on any atom is 0.253 e. The van der Waals surface area contributed by atoms with Crippen LogP contribution in [0.4, 0.5) is 0 Å². The Hall–Kier alpha value is -3.56. The van der Waals surface area contributed by atoms with Gasteiger partial charge in [-0.15, -0.1) is 0 Å². The fourth-order valence-corrected chi connectivity index (χ4v) is 4.47. The monoisotopic (exact) mass is 468 g/mol. The average molecular weight is 469 g/mol. The first-order chi connectivity index (χ1) is 15.9. The third kappa shape index (κ3) is 5.27. The normalized spacial score (nSPS) is 12.4. The van der Waals surface area contributed by atoms with E-state index in [-0.39, 0.29) is 29.7 Å². The number of ether oxygens (including phenoxy) is 3. The van der Waals surface area contributed by atoms with E-state index in [0.29, 0.717) is 18.0 Å². The van der Waals surface area contributed by atoms with E-state index in [2.05, 4.69) is 4.72 Å². The molecule has 0 unspecified atom stereocenters. The number of hydrogen-bond donors (Lipinski definition) is 1. The molecule has 9 heteroatoms. The number of methoxy groups -OCH3 is 1. The van der Waals surface area contributed by atoms with Crippen LogP contribution in [0.2, 0.25) is 0 Å². The fourth-order valence-electron chi connectivity index (χ4n) is 3.41. The molecule has 1 N–H and O–H groups in total. The Morgan fingerprint density at radius 2 is 1.73 bits per heavy atom. The van der Waals surface area contributed by atoms with Crippen LogP contribution in [0.3, 0.4) is 0 Å². The van der Waals surface area contributed by atoms with Crippen LogP contribution < -0.4 is 18.9 Å². The summed E-state index contributed by atoms with van der Waals surface area (Å²) >= 11 is 0. The number of benzene rings is 3. The smallest absolute Gasteiger partial charge is 0.253 e. The second-order valence-electron chi connectivity index (χ2n) is 7.55. The SMILES string of the molecule is COc1ccc(CN(C)C(=O)c2cccc(S(=O)(=O)NCc3ccc4c(c3)OCO4)c2)cc1. The van der Waals surface area contributed by atoms with Gasteiger partial charge in [-0.1, -0.05) is 24.3 Å². The molecule has 3 aromatic rings. The Kier molecular flexibility index (Phi) is 6.52. The molecule has 0 radical (unpaired) electrons. The van der Waals surface area contributed by atoms with Crippen molar-refractivity contribution in [1.82, 2.24) is 9.62 Å². The summed E-state index contributed by atoms with van der Waals surface area (Å²) in [4.78, 5) is 14.5. The molecule has 0 saturated heterocycles. The molecule has 1 aliphatic heterocycles. The van der Waals surface area contributed by atoms with Gasteiger partial charge in [-0.25, -0.2) is 13.1 Å². The van der Waals surface area contributed by atoms with Crippen molar-refractivity contribution in [3.8, 4) is 17.2 Å². The van der Waals surface area contributed by atoms with Crippen molar-refractivity contribution >= 4 is 15.9 Å². The number of amides is 1. The summed E-state index contributed by atoms with van der Waals surface area (Å²) < 4.78 is 44.0. The van der Waals surface area contributed by atoms with Crippen LogP contribution in [-0.2, 0) is 23.1 Å². The zero-order valence-electron chi connectivity index (χ0n) is 18.3. The lowest BCUT2D eigenvalue weighted by Crippen LogP contribution is -2.27. The highest BCUT2D eigenvalue weighted by Crippen LogP contribution is 2.32. The summed E-state index contributed by atoms with van der Waals surface area (Å²) in [6, 6.07) is 18.7. The maximum absolute atomic E-state index is 12.9. The van der Waals surface area contributed by atoms with Crippen molar-refractivity contribution in [3.63, 3.8) is 0 Å². The molecule has 4 rings (SSSR count). The van der Waals surface area contributed by atoms with Crippen molar-refractivity contribution in [2.75, 3.05) is 21.0 Å². The largest absolute Gasteiger partial charge is 0.497 e. The molecule has 1 heterocycles. The Bertz CT molecular complexity index is 1260. The molecule has 0 spiro atoms. The van der Waals surface area contributed by atoms with E-state index in [1.165, 1.54) is 17.0 Å². The second-order valence-corrected chi connectivity index (χ2v) is 9.32. The highest BCUT2D eigenvalue weighted by atomic mass is 32.2. The van der Waals surface area contributed by atoms with Gasteiger partial charge in [0, 0.05) is 25.7 Å². The van der Waals surface area contributed by atoms with Crippen LogP contribution in [0.5, 0.6) is 17.2 Å². The summed E-state index contributed by atoms with van der Waals surface area (Å²) in [7, 11) is -0.562. The first kappa shape index (κ1) is 22.6. The topological polar surface area (TPSA) is 94.2 Å². The Balaban J connectivity index is 1.43. The Morgan fingerprint density at radius 3 is 2.48 bits per heavy atom. The molecule has 0 aromatic heterocycles. The summed E-state index contributed by atoms with van der Waals surface area (Å²) in [6.45, 7) is 0.606. The molecule has 172 valence electrons. The zero-order chi connectivity index (χ0) is 23.4. The minimum Gasteiger partial charge on any atom is -0.497 e. The molecule has 3 aromatic carbocycles. The number of nitrogens with zero attached hydrogens (tertiary/aromatic N) is 1. The quantitative estimate of drug-likeness (QED) is 0.546. The van der Waals surface area contributed by atoms with Gasteiger partial charge in [0.05, 0.1) is 12.0 Å². The molecule has 0 fully saturated rings.